The van der Waals surface area contributed by atoms with Crippen LogP contribution >= 0.6 is 15.9 Å². The molecule has 1 fully saturated rings. The Labute approximate surface area is 114 Å². The minimum absolute atomic E-state index is 0.124. The summed E-state index contributed by atoms with van der Waals surface area (Å²) < 4.78 is 0.790. The van der Waals surface area contributed by atoms with Crippen molar-refractivity contribution in [1.29, 1.82) is 5.26 Å². The van der Waals surface area contributed by atoms with Gasteiger partial charge in [0.15, 0.2) is 0 Å². The first-order chi connectivity index (χ1) is 8.54. The standard InChI is InChI=1S/C13H13BrN2O2/c14-10-6-9(8-15)2-3-11(10)16-13(4-1-5-13)7-12(17)18/h2-3,6,16H,1,4-5,7H2,(H,17,18). The van der Waals surface area contributed by atoms with E-state index in [1.165, 1.54) is 0 Å². The molecule has 0 aromatic heterocycles. The molecule has 18 heavy (non-hydrogen) atoms. The van der Waals surface area contributed by atoms with Crippen molar-refractivity contribution < 1.29 is 9.90 Å². The molecule has 0 radical (unpaired) electrons. The van der Waals surface area contributed by atoms with Crippen LogP contribution in [0.25, 0.3) is 0 Å². The van der Waals surface area contributed by atoms with Crippen LogP contribution in [0.1, 0.15) is 31.2 Å². The Morgan fingerprint density at radius 1 is 1.56 bits per heavy atom. The average molecular weight is 309 g/mol. The van der Waals surface area contributed by atoms with Gasteiger partial charge < -0.3 is 10.4 Å². The topological polar surface area (TPSA) is 73.1 Å². The summed E-state index contributed by atoms with van der Waals surface area (Å²) in [6.45, 7) is 0. The number of benzene rings is 1. The van der Waals surface area contributed by atoms with E-state index in [0.717, 1.165) is 29.4 Å². The molecule has 0 atom stereocenters. The predicted molar refractivity (Wildman–Crippen MR) is 71.3 cm³/mol. The maximum atomic E-state index is 10.9. The lowest BCUT2D eigenvalue weighted by Gasteiger charge is -2.42. The van der Waals surface area contributed by atoms with Gasteiger partial charge in [0.05, 0.1) is 18.1 Å². The van der Waals surface area contributed by atoms with Gasteiger partial charge >= 0.3 is 5.97 Å². The molecule has 0 unspecified atom stereocenters. The van der Waals surface area contributed by atoms with Crippen LogP contribution in [0, 0.1) is 11.3 Å². The molecule has 2 rings (SSSR count). The van der Waals surface area contributed by atoms with Crippen LogP contribution in [0.15, 0.2) is 22.7 Å². The Bertz CT molecular complexity index is 518. The van der Waals surface area contributed by atoms with Crippen LogP contribution < -0.4 is 5.32 Å². The van der Waals surface area contributed by atoms with E-state index in [1.807, 2.05) is 6.07 Å². The van der Waals surface area contributed by atoms with Crippen molar-refractivity contribution in [3.8, 4) is 6.07 Å². The van der Waals surface area contributed by atoms with Crippen LogP contribution in [0.4, 0.5) is 5.69 Å². The summed E-state index contributed by atoms with van der Waals surface area (Å²) in [5.74, 6) is -0.785. The van der Waals surface area contributed by atoms with E-state index < -0.39 is 5.97 Å². The number of rotatable bonds is 4. The number of carboxylic acid groups (broad SMARTS) is 1. The molecule has 1 aromatic carbocycles. The highest BCUT2D eigenvalue weighted by Gasteiger charge is 2.39. The molecular weight excluding hydrogens is 296 g/mol. The van der Waals surface area contributed by atoms with E-state index in [-0.39, 0.29) is 12.0 Å². The van der Waals surface area contributed by atoms with Crippen molar-refractivity contribution in [2.24, 2.45) is 0 Å². The van der Waals surface area contributed by atoms with Gasteiger partial charge in [0, 0.05) is 15.7 Å². The Hall–Kier alpha value is -1.54. The molecule has 0 heterocycles. The second-order valence-electron chi connectivity index (χ2n) is 4.64. The fourth-order valence-corrected chi connectivity index (χ4v) is 2.69. The monoisotopic (exact) mass is 308 g/mol. The summed E-state index contributed by atoms with van der Waals surface area (Å²) in [6.07, 6.45) is 2.91. The summed E-state index contributed by atoms with van der Waals surface area (Å²) in [4.78, 5) is 10.9. The zero-order valence-corrected chi connectivity index (χ0v) is 11.3. The second-order valence-corrected chi connectivity index (χ2v) is 5.49. The Morgan fingerprint density at radius 3 is 2.72 bits per heavy atom. The third-order valence-electron chi connectivity index (χ3n) is 3.30. The number of hydrogen-bond donors (Lipinski definition) is 2. The van der Waals surface area contributed by atoms with Gasteiger partial charge in [-0.25, -0.2) is 0 Å². The Balaban J connectivity index is 2.18. The fourth-order valence-electron chi connectivity index (χ4n) is 2.21. The van der Waals surface area contributed by atoms with E-state index >= 15 is 0 Å². The zero-order valence-electron chi connectivity index (χ0n) is 9.74. The van der Waals surface area contributed by atoms with Gasteiger partial charge in [-0.3, -0.25) is 4.79 Å². The number of hydrogen-bond acceptors (Lipinski definition) is 3. The van der Waals surface area contributed by atoms with Gasteiger partial charge in [0.25, 0.3) is 0 Å². The summed E-state index contributed by atoms with van der Waals surface area (Å²) in [5.41, 5.74) is 1.09. The fraction of sp³-hybridized carbons (Fsp3) is 0.385. The summed E-state index contributed by atoms with van der Waals surface area (Å²) in [6, 6.07) is 7.33. The molecule has 4 nitrogen and oxygen atoms in total. The van der Waals surface area contributed by atoms with Crippen LogP contribution in [0.3, 0.4) is 0 Å². The largest absolute Gasteiger partial charge is 0.481 e. The first kappa shape index (κ1) is 12.9. The maximum absolute atomic E-state index is 10.9. The molecule has 1 aromatic rings. The number of carbonyl (C=O) groups is 1. The van der Waals surface area contributed by atoms with E-state index in [9.17, 15) is 4.79 Å². The molecule has 1 aliphatic rings. The number of halogens is 1. The molecule has 0 bridgehead atoms. The highest BCUT2D eigenvalue weighted by molar-refractivity contribution is 9.10. The SMILES string of the molecule is N#Cc1ccc(NC2(CC(=O)O)CCC2)c(Br)c1. The Kier molecular flexibility index (Phi) is 3.58. The van der Waals surface area contributed by atoms with Gasteiger partial charge in [0.2, 0.25) is 0 Å². The number of nitriles is 1. The number of nitrogens with zero attached hydrogens (tertiary/aromatic N) is 1. The van der Waals surface area contributed by atoms with Crippen LogP contribution in [0.2, 0.25) is 0 Å². The van der Waals surface area contributed by atoms with Crippen molar-refractivity contribution in [3.05, 3.63) is 28.2 Å². The normalized spacial score (nSPS) is 16.4. The Morgan fingerprint density at radius 2 is 2.28 bits per heavy atom. The van der Waals surface area contributed by atoms with Crippen LogP contribution in [-0.4, -0.2) is 16.6 Å². The molecule has 1 saturated carbocycles. The van der Waals surface area contributed by atoms with E-state index in [1.54, 1.807) is 12.1 Å². The minimum atomic E-state index is -0.785. The molecule has 0 aliphatic heterocycles. The first-order valence-electron chi connectivity index (χ1n) is 5.74. The third kappa shape index (κ3) is 2.65. The summed E-state index contributed by atoms with van der Waals surface area (Å²) in [5, 5.41) is 21.0. The third-order valence-corrected chi connectivity index (χ3v) is 3.95. The van der Waals surface area contributed by atoms with Gasteiger partial charge in [0.1, 0.15) is 0 Å². The number of anilines is 1. The van der Waals surface area contributed by atoms with Gasteiger partial charge in [-0.05, 0) is 53.4 Å². The average Bonchev–Trinajstić information content (AvgIpc) is 2.28. The van der Waals surface area contributed by atoms with Crippen molar-refractivity contribution in [2.75, 3.05) is 5.32 Å². The number of nitrogens with one attached hydrogen (secondary N) is 1. The van der Waals surface area contributed by atoms with Gasteiger partial charge in [-0.1, -0.05) is 0 Å². The molecular formula is C13H13BrN2O2. The lowest BCUT2D eigenvalue weighted by Crippen LogP contribution is -2.46. The van der Waals surface area contributed by atoms with Crippen LogP contribution in [0.5, 0.6) is 0 Å². The van der Waals surface area contributed by atoms with Crippen molar-refractivity contribution in [2.45, 2.75) is 31.2 Å². The highest BCUT2D eigenvalue weighted by Crippen LogP contribution is 2.39. The predicted octanol–water partition coefficient (Wildman–Crippen LogP) is 3.13. The highest BCUT2D eigenvalue weighted by atomic mass is 79.9. The molecule has 94 valence electrons. The lowest BCUT2D eigenvalue weighted by molar-refractivity contribution is -0.138. The second kappa shape index (κ2) is 4.99. The van der Waals surface area contributed by atoms with Crippen molar-refractivity contribution >= 4 is 27.6 Å². The quantitative estimate of drug-likeness (QED) is 0.896. The molecule has 0 amide bonds. The molecule has 1 aliphatic carbocycles. The van der Waals surface area contributed by atoms with E-state index in [2.05, 4.69) is 27.3 Å². The number of carboxylic acids is 1. The summed E-state index contributed by atoms with van der Waals surface area (Å²) in [7, 11) is 0. The zero-order chi connectivity index (χ0) is 13.2. The smallest absolute Gasteiger partial charge is 0.305 e. The van der Waals surface area contributed by atoms with Crippen molar-refractivity contribution in [1.82, 2.24) is 0 Å². The molecule has 0 spiro atoms. The summed E-state index contributed by atoms with van der Waals surface area (Å²) >= 11 is 3.40. The maximum Gasteiger partial charge on any atom is 0.305 e. The van der Waals surface area contributed by atoms with Crippen molar-refractivity contribution in [3.63, 3.8) is 0 Å². The molecule has 2 N–H and O–H groups in total. The minimum Gasteiger partial charge on any atom is -0.481 e. The number of aliphatic carboxylic acids is 1. The van der Waals surface area contributed by atoms with Crippen LogP contribution in [-0.2, 0) is 4.79 Å². The lowest BCUT2D eigenvalue weighted by atomic mass is 9.74. The first-order valence-corrected chi connectivity index (χ1v) is 6.54. The van der Waals surface area contributed by atoms with Gasteiger partial charge in [-0.15, -0.1) is 0 Å². The van der Waals surface area contributed by atoms with E-state index in [4.69, 9.17) is 10.4 Å². The molecule has 5 heteroatoms. The van der Waals surface area contributed by atoms with Gasteiger partial charge in [-0.2, -0.15) is 5.26 Å². The molecule has 0 saturated heterocycles. The van der Waals surface area contributed by atoms with E-state index in [0.29, 0.717) is 5.56 Å².